The Balaban J connectivity index is 1.79. The lowest BCUT2D eigenvalue weighted by atomic mass is 10.1. The minimum Gasteiger partial charge on any atom is -0.455 e. The van der Waals surface area contributed by atoms with Crippen molar-refractivity contribution in [3.63, 3.8) is 0 Å². The van der Waals surface area contributed by atoms with E-state index in [0.717, 1.165) is 23.3 Å². The van der Waals surface area contributed by atoms with Gasteiger partial charge in [-0.15, -0.1) is 0 Å². The predicted octanol–water partition coefficient (Wildman–Crippen LogP) is 5.17. The van der Waals surface area contributed by atoms with Gasteiger partial charge in [-0.3, -0.25) is 25.7 Å². The maximum Gasteiger partial charge on any atom is 0.301 e. The summed E-state index contributed by atoms with van der Waals surface area (Å²) in [5.41, 5.74) is 3.51. The topological polar surface area (TPSA) is 124 Å². The van der Waals surface area contributed by atoms with Gasteiger partial charge in [-0.05, 0) is 42.8 Å². The van der Waals surface area contributed by atoms with E-state index in [0.29, 0.717) is 16.5 Å². The Morgan fingerprint density at radius 1 is 1.07 bits per heavy atom. The van der Waals surface area contributed by atoms with Crippen molar-refractivity contribution >= 4 is 34.9 Å². The predicted molar refractivity (Wildman–Crippen MR) is 105 cm³/mol. The molecule has 2 aromatic carbocycles. The van der Waals surface area contributed by atoms with Crippen molar-refractivity contribution in [2.24, 2.45) is 5.10 Å². The zero-order valence-corrected chi connectivity index (χ0v) is 15.2. The van der Waals surface area contributed by atoms with Gasteiger partial charge in [0.2, 0.25) is 0 Å². The van der Waals surface area contributed by atoms with Crippen LogP contribution in [-0.4, -0.2) is 16.1 Å². The summed E-state index contributed by atoms with van der Waals surface area (Å²) < 4.78 is 5.70. The first-order valence-corrected chi connectivity index (χ1v) is 8.31. The molecule has 142 valence electrons. The fraction of sp³-hybridized carbons (Fsp3) is 0.0556. The second kappa shape index (κ2) is 7.89. The number of anilines is 1. The van der Waals surface area contributed by atoms with Gasteiger partial charge in [-0.1, -0.05) is 17.7 Å². The number of rotatable bonds is 6. The smallest absolute Gasteiger partial charge is 0.301 e. The van der Waals surface area contributed by atoms with Crippen molar-refractivity contribution < 1.29 is 14.3 Å². The van der Waals surface area contributed by atoms with Gasteiger partial charge in [0.25, 0.3) is 5.69 Å². The summed E-state index contributed by atoms with van der Waals surface area (Å²) in [5, 5.41) is 26.4. The van der Waals surface area contributed by atoms with Crippen LogP contribution >= 0.6 is 11.6 Å². The van der Waals surface area contributed by atoms with Crippen molar-refractivity contribution in [3.8, 4) is 11.3 Å². The summed E-state index contributed by atoms with van der Waals surface area (Å²) in [4.78, 5) is 20.4. The number of nitrogens with zero attached hydrogens (tertiary/aromatic N) is 3. The molecule has 1 aromatic heterocycles. The summed E-state index contributed by atoms with van der Waals surface area (Å²) >= 11 is 6.02. The molecule has 1 N–H and O–H groups in total. The molecular weight excluding hydrogens is 388 g/mol. The van der Waals surface area contributed by atoms with Crippen LogP contribution in [0.5, 0.6) is 0 Å². The number of nitro benzene ring substituents is 2. The Labute approximate surface area is 163 Å². The first kappa shape index (κ1) is 19.1. The number of hydrazone groups is 1. The van der Waals surface area contributed by atoms with E-state index in [4.69, 9.17) is 16.0 Å². The lowest BCUT2D eigenvalue weighted by molar-refractivity contribution is -0.393. The maximum atomic E-state index is 11.1. The highest BCUT2D eigenvalue weighted by molar-refractivity contribution is 6.30. The third-order valence-electron chi connectivity index (χ3n) is 3.86. The SMILES string of the molecule is Cc1ccc(Cl)cc1-c1ccc(/C=N/Nc2ccc([N+](=O)[O-])cc2[N+](=O)[O-])o1. The van der Waals surface area contributed by atoms with E-state index in [1.165, 1.54) is 12.3 Å². The number of benzene rings is 2. The minimum atomic E-state index is -0.724. The number of aryl methyl sites for hydroxylation is 1. The molecule has 0 spiro atoms. The molecule has 0 saturated heterocycles. The molecule has 0 aliphatic rings. The van der Waals surface area contributed by atoms with Crippen molar-refractivity contribution in [1.29, 1.82) is 0 Å². The first-order valence-electron chi connectivity index (χ1n) is 7.93. The summed E-state index contributed by atoms with van der Waals surface area (Å²) in [6, 6.07) is 12.1. The van der Waals surface area contributed by atoms with Gasteiger partial charge in [-0.25, -0.2) is 0 Å². The second-order valence-corrected chi connectivity index (χ2v) is 6.18. The number of nitrogens with one attached hydrogen (secondary N) is 1. The van der Waals surface area contributed by atoms with Crippen LogP contribution in [-0.2, 0) is 0 Å². The molecule has 0 aliphatic heterocycles. The molecule has 0 saturated carbocycles. The molecule has 0 atom stereocenters. The zero-order valence-electron chi connectivity index (χ0n) is 14.5. The second-order valence-electron chi connectivity index (χ2n) is 5.75. The molecule has 0 radical (unpaired) electrons. The molecule has 10 heteroatoms. The van der Waals surface area contributed by atoms with Crippen LogP contribution in [0.15, 0.2) is 58.0 Å². The number of non-ortho nitro benzene ring substituents is 1. The van der Waals surface area contributed by atoms with Gasteiger partial charge >= 0.3 is 5.69 Å². The lowest BCUT2D eigenvalue weighted by Gasteiger charge is -2.03. The molecular formula is C18H13ClN4O5. The highest BCUT2D eigenvalue weighted by Crippen LogP contribution is 2.30. The Hall–Kier alpha value is -3.72. The highest BCUT2D eigenvalue weighted by atomic mass is 35.5. The third kappa shape index (κ3) is 4.15. The molecule has 9 nitrogen and oxygen atoms in total. The fourth-order valence-electron chi connectivity index (χ4n) is 2.47. The molecule has 0 unspecified atom stereocenters. The molecule has 0 aliphatic carbocycles. The molecule has 0 bridgehead atoms. The van der Waals surface area contributed by atoms with E-state index >= 15 is 0 Å². The number of halogens is 1. The standard InChI is InChI=1S/C18H13ClN4O5/c1-11-2-3-12(19)8-15(11)18-7-5-14(28-18)10-20-21-16-6-4-13(22(24)25)9-17(16)23(26)27/h2-10,21H,1H3/b20-10+. The van der Waals surface area contributed by atoms with Crippen LogP contribution in [0.2, 0.25) is 5.02 Å². The van der Waals surface area contributed by atoms with Crippen LogP contribution in [0.4, 0.5) is 17.1 Å². The van der Waals surface area contributed by atoms with Crippen LogP contribution in [0.3, 0.4) is 0 Å². The Kier molecular flexibility index (Phi) is 5.37. The van der Waals surface area contributed by atoms with Gasteiger partial charge < -0.3 is 4.42 Å². The fourth-order valence-corrected chi connectivity index (χ4v) is 2.64. The van der Waals surface area contributed by atoms with Crippen molar-refractivity contribution in [3.05, 3.63) is 85.1 Å². The Morgan fingerprint density at radius 2 is 1.86 bits per heavy atom. The lowest BCUT2D eigenvalue weighted by Crippen LogP contribution is -1.98. The monoisotopic (exact) mass is 400 g/mol. The quantitative estimate of drug-likeness (QED) is 0.345. The van der Waals surface area contributed by atoms with Crippen LogP contribution in [0.25, 0.3) is 11.3 Å². The summed E-state index contributed by atoms with van der Waals surface area (Å²) in [5.74, 6) is 1.01. The van der Waals surface area contributed by atoms with E-state index in [2.05, 4.69) is 10.5 Å². The number of furan rings is 1. The minimum absolute atomic E-state index is 0.0179. The van der Waals surface area contributed by atoms with Crippen LogP contribution < -0.4 is 5.43 Å². The Morgan fingerprint density at radius 3 is 2.57 bits per heavy atom. The van der Waals surface area contributed by atoms with Gasteiger partial charge in [0.15, 0.2) is 0 Å². The van der Waals surface area contributed by atoms with Crippen molar-refractivity contribution in [1.82, 2.24) is 0 Å². The normalized spacial score (nSPS) is 10.9. The zero-order chi connectivity index (χ0) is 20.3. The number of hydrogen-bond acceptors (Lipinski definition) is 7. The molecule has 0 fully saturated rings. The maximum absolute atomic E-state index is 11.1. The van der Waals surface area contributed by atoms with Gasteiger partial charge in [0, 0.05) is 16.7 Å². The number of hydrogen-bond donors (Lipinski definition) is 1. The molecule has 3 rings (SSSR count). The molecule has 28 heavy (non-hydrogen) atoms. The molecule has 1 heterocycles. The molecule has 0 amide bonds. The summed E-state index contributed by atoms with van der Waals surface area (Å²) in [7, 11) is 0. The van der Waals surface area contributed by atoms with Crippen LogP contribution in [0.1, 0.15) is 11.3 Å². The highest BCUT2D eigenvalue weighted by Gasteiger charge is 2.19. The van der Waals surface area contributed by atoms with Crippen molar-refractivity contribution in [2.75, 3.05) is 5.43 Å². The summed E-state index contributed by atoms with van der Waals surface area (Å²) in [6.07, 6.45) is 1.34. The van der Waals surface area contributed by atoms with Gasteiger partial charge in [0.05, 0.1) is 22.1 Å². The van der Waals surface area contributed by atoms with E-state index < -0.39 is 15.5 Å². The van der Waals surface area contributed by atoms with E-state index in [1.54, 1.807) is 24.3 Å². The van der Waals surface area contributed by atoms with Gasteiger partial charge in [0.1, 0.15) is 17.2 Å². The van der Waals surface area contributed by atoms with E-state index in [9.17, 15) is 20.2 Å². The Bertz CT molecular complexity index is 1090. The average Bonchev–Trinajstić information content (AvgIpc) is 3.12. The number of nitro groups is 2. The largest absolute Gasteiger partial charge is 0.455 e. The average molecular weight is 401 g/mol. The van der Waals surface area contributed by atoms with E-state index in [1.807, 2.05) is 13.0 Å². The summed E-state index contributed by atoms with van der Waals surface area (Å²) in [6.45, 7) is 1.93. The first-order chi connectivity index (χ1) is 13.3. The van der Waals surface area contributed by atoms with Crippen LogP contribution in [0, 0.1) is 27.2 Å². The van der Waals surface area contributed by atoms with Crippen molar-refractivity contribution in [2.45, 2.75) is 6.92 Å². The third-order valence-corrected chi connectivity index (χ3v) is 4.09. The van der Waals surface area contributed by atoms with Gasteiger partial charge in [-0.2, -0.15) is 5.10 Å². The van der Waals surface area contributed by atoms with E-state index in [-0.39, 0.29) is 11.4 Å². The molecule has 3 aromatic rings.